The van der Waals surface area contributed by atoms with Gasteiger partial charge in [0.15, 0.2) is 0 Å². The molecule has 1 heteroatoms. The van der Waals surface area contributed by atoms with E-state index in [1.54, 1.807) is 0 Å². The Labute approximate surface area is 138 Å². The molecule has 2 aliphatic carbocycles. The summed E-state index contributed by atoms with van der Waals surface area (Å²) >= 11 is 2.32. The largest absolute Gasteiger partial charge is 0.158 e. The minimum absolute atomic E-state index is 0.601. The maximum Gasteiger partial charge on any atom is 0.0109 e. The second-order valence-corrected chi connectivity index (χ2v) is 9.76. The standard InChI is InChI=1S/C20H38S/c1-5-6-7-8-9-10-11-12-15-21-18-16-17-13-14-20(18,4)19(17,2)3/h17-18H,5-16H2,1-4H3. The summed E-state index contributed by atoms with van der Waals surface area (Å²) in [7, 11) is 0. The van der Waals surface area contributed by atoms with Gasteiger partial charge in [0, 0.05) is 5.25 Å². The first-order chi connectivity index (χ1) is 10.0. The molecule has 3 atom stereocenters. The summed E-state index contributed by atoms with van der Waals surface area (Å²) in [6.45, 7) is 9.98. The first-order valence-electron chi connectivity index (χ1n) is 9.64. The van der Waals surface area contributed by atoms with Gasteiger partial charge in [0.05, 0.1) is 0 Å². The van der Waals surface area contributed by atoms with E-state index in [0.29, 0.717) is 10.8 Å². The lowest BCUT2D eigenvalue weighted by atomic mass is 9.71. The Balaban J connectivity index is 1.54. The Morgan fingerprint density at radius 2 is 1.52 bits per heavy atom. The van der Waals surface area contributed by atoms with Gasteiger partial charge in [-0.3, -0.25) is 0 Å². The summed E-state index contributed by atoms with van der Waals surface area (Å²) in [5.41, 5.74) is 1.23. The maximum atomic E-state index is 2.59. The summed E-state index contributed by atoms with van der Waals surface area (Å²) in [5.74, 6) is 2.43. The molecule has 2 aliphatic rings. The van der Waals surface area contributed by atoms with Crippen LogP contribution in [-0.4, -0.2) is 11.0 Å². The number of hydrogen-bond donors (Lipinski definition) is 0. The second kappa shape index (κ2) is 7.75. The van der Waals surface area contributed by atoms with E-state index < -0.39 is 0 Å². The molecule has 0 aromatic carbocycles. The molecule has 3 unspecified atom stereocenters. The van der Waals surface area contributed by atoms with Crippen LogP contribution in [0.4, 0.5) is 0 Å². The van der Waals surface area contributed by atoms with Crippen molar-refractivity contribution in [2.75, 3.05) is 5.75 Å². The van der Waals surface area contributed by atoms with Gasteiger partial charge in [0.1, 0.15) is 0 Å². The first kappa shape index (κ1) is 17.7. The van der Waals surface area contributed by atoms with E-state index in [2.05, 4.69) is 39.5 Å². The van der Waals surface area contributed by atoms with Crippen LogP contribution in [0.2, 0.25) is 0 Å². The minimum atomic E-state index is 0.601. The van der Waals surface area contributed by atoms with E-state index in [-0.39, 0.29) is 0 Å². The predicted octanol–water partition coefficient (Wildman–Crippen LogP) is 7.08. The van der Waals surface area contributed by atoms with Crippen molar-refractivity contribution >= 4 is 11.8 Å². The van der Waals surface area contributed by atoms with Crippen molar-refractivity contribution in [3.05, 3.63) is 0 Å². The van der Waals surface area contributed by atoms with E-state index in [0.717, 1.165) is 11.2 Å². The van der Waals surface area contributed by atoms with Gasteiger partial charge in [-0.05, 0) is 48.2 Å². The number of unbranched alkanes of at least 4 members (excludes halogenated alkanes) is 7. The molecule has 0 spiro atoms. The van der Waals surface area contributed by atoms with E-state index in [1.165, 1.54) is 76.4 Å². The van der Waals surface area contributed by atoms with Gasteiger partial charge in [-0.1, -0.05) is 72.6 Å². The lowest BCUT2D eigenvalue weighted by Crippen LogP contribution is -2.34. The van der Waals surface area contributed by atoms with Crippen LogP contribution in [0.1, 0.15) is 98.3 Å². The Morgan fingerprint density at radius 1 is 0.905 bits per heavy atom. The van der Waals surface area contributed by atoms with Gasteiger partial charge in [-0.2, -0.15) is 11.8 Å². The molecule has 2 fully saturated rings. The van der Waals surface area contributed by atoms with Gasteiger partial charge < -0.3 is 0 Å². The molecule has 0 amide bonds. The predicted molar refractivity (Wildman–Crippen MR) is 98.1 cm³/mol. The van der Waals surface area contributed by atoms with Crippen molar-refractivity contribution in [3.63, 3.8) is 0 Å². The molecule has 0 N–H and O–H groups in total. The fraction of sp³-hybridized carbons (Fsp3) is 1.00. The molecule has 2 saturated carbocycles. The number of thioether (sulfide) groups is 1. The Hall–Kier alpha value is 0.350. The molecule has 2 bridgehead atoms. The smallest absolute Gasteiger partial charge is 0.0109 e. The third-order valence-electron chi connectivity index (χ3n) is 7.03. The molecular weight excluding hydrogens is 272 g/mol. The monoisotopic (exact) mass is 310 g/mol. The minimum Gasteiger partial charge on any atom is -0.158 e. The van der Waals surface area contributed by atoms with Crippen LogP contribution in [0.15, 0.2) is 0 Å². The summed E-state index contributed by atoms with van der Waals surface area (Å²) < 4.78 is 0. The molecule has 0 aromatic heterocycles. The highest BCUT2D eigenvalue weighted by atomic mass is 32.2. The SMILES string of the molecule is CCCCCCCCCCSC1CC2CCC1(C)C2(C)C. The van der Waals surface area contributed by atoms with Crippen LogP contribution in [0.3, 0.4) is 0 Å². The Kier molecular flexibility index (Phi) is 6.53. The van der Waals surface area contributed by atoms with Gasteiger partial charge in [0.2, 0.25) is 0 Å². The van der Waals surface area contributed by atoms with Gasteiger partial charge in [0.25, 0.3) is 0 Å². The van der Waals surface area contributed by atoms with Crippen LogP contribution in [0.25, 0.3) is 0 Å². The van der Waals surface area contributed by atoms with E-state index in [4.69, 9.17) is 0 Å². The average Bonchev–Trinajstić information content (AvgIpc) is 2.78. The quantitative estimate of drug-likeness (QED) is 0.389. The average molecular weight is 311 g/mol. The van der Waals surface area contributed by atoms with E-state index in [1.807, 2.05) is 0 Å². The fourth-order valence-corrected chi connectivity index (χ4v) is 6.66. The highest BCUT2D eigenvalue weighted by Crippen LogP contribution is 2.68. The van der Waals surface area contributed by atoms with Gasteiger partial charge >= 0.3 is 0 Å². The highest BCUT2D eigenvalue weighted by molar-refractivity contribution is 7.99. The zero-order chi connectivity index (χ0) is 15.3. The molecular formula is C20H38S. The molecule has 0 aromatic rings. The molecule has 0 saturated heterocycles. The molecule has 0 aliphatic heterocycles. The summed E-state index contributed by atoms with van der Waals surface area (Å²) in [6, 6.07) is 0. The lowest BCUT2D eigenvalue weighted by Gasteiger charge is -2.39. The van der Waals surface area contributed by atoms with Gasteiger partial charge in [-0.25, -0.2) is 0 Å². The second-order valence-electron chi connectivity index (χ2n) is 8.44. The molecule has 0 heterocycles. The first-order valence-corrected chi connectivity index (χ1v) is 10.7. The van der Waals surface area contributed by atoms with Crippen LogP contribution < -0.4 is 0 Å². The molecule has 21 heavy (non-hydrogen) atoms. The zero-order valence-corrected chi connectivity index (χ0v) is 15.9. The highest BCUT2D eigenvalue weighted by Gasteiger charge is 2.61. The molecule has 2 rings (SSSR count). The normalized spacial score (nSPS) is 33.7. The molecule has 0 radical (unpaired) electrons. The van der Waals surface area contributed by atoms with Crippen molar-refractivity contribution in [2.45, 2.75) is 104 Å². The third kappa shape index (κ3) is 3.82. The number of fused-ring (bicyclic) bond motifs is 2. The van der Waals surface area contributed by atoms with Crippen molar-refractivity contribution in [2.24, 2.45) is 16.7 Å². The van der Waals surface area contributed by atoms with Crippen LogP contribution in [-0.2, 0) is 0 Å². The molecule has 124 valence electrons. The van der Waals surface area contributed by atoms with E-state index >= 15 is 0 Å². The van der Waals surface area contributed by atoms with Crippen molar-refractivity contribution in [1.29, 1.82) is 0 Å². The van der Waals surface area contributed by atoms with Gasteiger partial charge in [-0.15, -0.1) is 0 Å². The summed E-state index contributed by atoms with van der Waals surface area (Å²) in [4.78, 5) is 0. The van der Waals surface area contributed by atoms with E-state index in [9.17, 15) is 0 Å². The maximum absolute atomic E-state index is 2.59. The third-order valence-corrected chi connectivity index (χ3v) is 8.67. The Bertz CT molecular complexity index is 309. The fourth-order valence-electron chi connectivity index (χ4n) is 4.84. The number of hydrogen-bond acceptors (Lipinski definition) is 1. The van der Waals surface area contributed by atoms with Crippen molar-refractivity contribution in [1.82, 2.24) is 0 Å². The van der Waals surface area contributed by atoms with Crippen molar-refractivity contribution < 1.29 is 0 Å². The Morgan fingerprint density at radius 3 is 2.05 bits per heavy atom. The van der Waals surface area contributed by atoms with Crippen LogP contribution >= 0.6 is 11.8 Å². The topological polar surface area (TPSA) is 0 Å². The lowest BCUT2D eigenvalue weighted by molar-refractivity contribution is 0.156. The molecule has 0 nitrogen and oxygen atoms in total. The number of rotatable bonds is 10. The van der Waals surface area contributed by atoms with Crippen LogP contribution in [0.5, 0.6) is 0 Å². The zero-order valence-electron chi connectivity index (χ0n) is 15.0. The van der Waals surface area contributed by atoms with Crippen LogP contribution in [0, 0.1) is 16.7 Å². The summed E-state index contributed by atoms with van der Waals surface area (Å²) in [5, 5.41) is 0.954. The van der Waals surface area contributed by atoms with Crippen molar-refractivity contribution in [3.8, 4) is 0 Å². The summed E-state index contributed by atoms with van der Waals surface area (Å²) in [6.07, 6.45) is 16.1.